The van der Waals surface area contributed by atoms with Crippen molar-refractivity contribution in [3.05, 3.63) is 63.7 Å². The number of hydrogen-bond acceptors (Lipinski definition) is 6. The number of carbonyl (C=O) groups excluding carboxylic acids is 1. The normalized spacial score (nSPS) is 11.8. The summed E-state index contributed by atoms with van der Waals surface area (Å²) < 4.78 is 0. The molecule has 10 heteroatoms. The topological polar surface area (TPSA) is 114 Å². The molecule has 2 aromatic carbocycles. The number of benzene rings is 2. The molecule has 3 aromatic rings. The Hall–Kier alpha value is -2.91. The van der Waals surface area contributed by atoms with Crippen LogP contribution in [0.2, 0.25) is 5.02 Å². The molecule has 1 aromatic heterocycles. The van der Waals surface area contributed by atoms with Crippen LogP contribution in [0.25, 0.3) is 11.4 Å². The standard InChI is InChI=1S/C17H14ClN5O3S/c1-10(16(24)19-13-3-2-4-14(9-13)23(25)26)27-17-20-15(21-22-17)11-5-7-12(18)8-6-11/h2-10H,1H3,(H,19,24)(H,20,21,22). The maximum atomic E-state index is 12.3. The predicted molar refractivity (Wildman–Crippen MR) is 104 cm³/mol. The Kier molecular flexibility index (Phi) is 5.72. The van der Waals surface area contributed by atoms with Crippen molar-refractivity contribution in [2.75, 3.05) is 5.32 Å². The Balaban J connectivity index is 1.64. The van der Waals surface area contributed by atoms with E-state index in [2.05, 4.69) is 20.5 Å². The maximum Gasteiger partial charge on any atom is 0.271 e. The fourth-order valence-corrected chi connectivity index (χ4v) is 3.04. The molecule has 0 bridgehead atoms. The first-order valence-corrected chi connectivity index (χ1v) is 9.08. The van der Waals surface area contributed by atoms with E-state index >= 15 is 0 Å². The SMILES string of the molecule is CC(Sc1n[nH]c(-c2ccc(Cl)cc2)n1)C(=O)Nc1cccc([N+](=O)[O-])c1. The van der Waals surface area contributed by atoms with Crippen LogP contribution >= 0.6 is 23.4 Å². The van der Waals surface area contributed by atoms with E-state index < -0.39 is 10.2 Å². The number of nitro benzene ring substituents is 1. The zero-order valence-corrected chi connectivity index (χ0v) is 15.6. The number of nitrogens with one attached hydrogen (secondary N) is 2. The van der Waals surface area contributed by atoms with Crippen LogP contribution in [-0.4, -0.2) is 31.3 Å². The molecule has 2 N–H and O–H groups in total. The van der Waals surface area contributed by atoms with E-state index in [1.165, 1.54) is 30.0 Å². The highest BCUT2D eigenvalue weighted by molar-refractivity contribution is 8.00. The van der Waals surface area contributed by atoms with Crippen LogP contribution in [0.15, 0.2) is 53.7 Å². The van der Waals surface area contributed by atoms with E-state index in [-0.39, 0.29) is 11.6 Å². The minimum atomic E-state index is -0.514. The first-order valence-electron chi connectivity index (χ1n) is 7.82. The van der Waals surface area contributed by atoms with Gasteiger partial charge >= 0.3 is 0 Å². The van der Waals surface area contributed by atoms with Gasteiger partial charge in [-0.2, -0.15) is 0 Å². The number of anilines is 1. The highest BCUT2D eigenvalue weighted by atomic mass is 35.5. The van der Waals surface area contributed by atoms with Crippen molar-refractivity contribution in [3.63, 3.8) is 0 Å². The van der Waals surface area contributed by atoms with E-state index in [0.29, 0.717) is 21.7 Å². The van der Waals surface area contributed by atoms with Gasteiger partial charge in [-0.25, -0.2) is 4.98 Å². The summed E-state index contributed by atoms with van der Waals surface area (Å²) in [5, 5.41) is 20.9. The van der Waals surface area contributed by atoms with Crippen LogP contribution in [0.1, 0.15) is 6.92 Å². The molecular weight excluding hydrogens is 390 g/mol. The van der Waals surface area contributed by atoms with Gasteiger partial charge in [-0.05, 0) is 37.3 Å². The lowest BCUT2D eigenvalue weighted by molar-refractivity contribution is -0.384. The second-order valence-electron chi connectivity index (χ2n) is 5.53. The highest BCUT2D eigenvalue weighted by Gasteiger charge is 2.18. The van der Waals surface area contributed by atoms with Gasteiger partial charge in [0.05, 0.1) is 10.2 Å². The molecule has 1 atom stereocenters. The molecule has 0 aliphatic heterocycles. The third-order valence-corrected chi connectivity index (χ3v) is 4.77. The summed E-state index contributed by atoms with van der Waals surface area (Å²) >= 11 is 7.04. The van der Waals surface area contributed by atoms with Crippen LogP contribution in [0.5, 0.6) is 0 Å². The van der Waals surface area contributed by atoms with Gasteiger partial charge in [0, 0.05) is 28.4 Å². The van der Waals surface area contributed by atoms with Gasteiger partial charge in [0.2, 0.25) is 11.1 Å². The van der Waals surface area contributed by atoms with E-state index in [1.807, 2.05) is 12.1 Å². The van der Waals surface area contributed by atoms with Crippen LogP contribution in [0.4, 0.5) is 11.4 Å². The molecule has 1 amide bonds. The van der Waals surface area contributed by atoms with Gasteiger partial charge in [-0.1, -0.05) is 29.4 Å². The second kappa shape index (κ2) is 8.19. The van der Waals surface area contributed by atoms with Crippen molar-refractivity contribution >= 4 is 40.6 Å². The summed E-state index contributed by atoms with van der Waals surface area (Å²) in [6, 6.07) is 12.9. The Morgan fingerprint density at radius 1 is 1.30 bits per heavy atom. The molecule has 0 radical (unpaired) electrons. The first kappa shape index (κ1) is 18.9. The average Bonchev–Trinajstić information content (AvgIpc) is 3.11. The van der Waals surface area contributed by atoms with Crippen LogP contribution in [0, 0.1) is 10.1 Å². The summed E-state index contributed by atoms with van der Waals surface area (Å²) in [5.74, 6) is 0.263. The smallest absolute Gasteiger partial charge is 0.271 e. The lowest BCUT2D eigenvalue weighted by Gasteiger charge is -2.09. The molecule has 138 valence electrons. The van der Waals surface area contributed by atoms with Crippen molar-refractivity contribution in [2.24, 2.45) is 0 Å². The molecule has 0 fully saturated rings. The second-order valence-corrected chi connectivity index (χ2v) is 7.27. The van der Waals surface area contributed by atoms with E-state index in [0.717, 1.165) is 5.56 Å². The third kappa shape index (κ3) is 4.83. The number of rotatable bonds is 6. The third-order valence-electron chi connectivity index (χ3n) is 3.56. The van der Waals surface area contributed by atoms with Gasteiger partial charge in [0.15, 0.2) is 5.82 Å². The van der Waals surface area contributed by atoms with E-state index in [9.17, 15) is 14.9 Å². The summed E-state index contributed by atoms with van der Waals surface area (Å²) in [7, 11) is 0. The first-order chi connectivity index (χ1) is 12.9. The number of non-ortho nitro benzene ring substituents is 1. The largest absolute Gasteiger partial charge is 0.325 e. The molecule has 8 nitrogen and oxygen atoms in total. The van der Waals surface area contributed by atoms with Crippen molar-refractivity contribution in [3.8, 4) is 11.4 Å². The highest BCUT2D eigenvalue weighted by Crippen LogP contribution is 2.25. The Labute approximate surface area is 163 Å². The molecule has 1 unspecified atom stereocenters. The summed E-state index contributed by atoms with van der Waals surface area (Å²) in [6.45, 7) is 1.70. The minimum absolute atomic E-state index is 0.0883. The number of aromatic amines is 1. The van der Waals surface area contributed by atoms with Crippen molar-refractivity contribution in [2.45, 2.75) is 17.3 Å². The predicted octanol–water partition coefficient (Wildman–Crippen LogP) is 4.15. The summed E-state index contributed by atoms with van der Waals surface area (Å²) in [4.78, 5) is 27.0. The van der Waals surface area contributed by atoms with Crippen LogP contribution < -0.4 is 5.32 Å². The van der Waals surface area contributed by atoms with Gasteiger partial charge in [-0.15, -0.1) is 5.10 Å². The number of nitrogens with zero attached hydrogens (tertiary/aromatic N) is 3. The number of amides is 1. The van der Waals surface area contributed by atoms with E-state index in [1.54, 1.807) is 25.1 Å². The Bertz CT molecular complexity index is 977. The molecular formula is C17H14ClN5O3S. The minimum Gasteiger partial charge on any atom is -0.325 e. The molecule has 0 saturated heterocycles. The number of nitro groups is 1. The lowest BCUT2D eigenvalue weighted by atomic mass is 10.2. The van der Waals surface area contributed by atoms with Gasteiger partial charge < -0.3 is 5.32 Å². The Morgan fingerprint density at radius 2 is 2.04 bits per heavy atom. The fourth-order valence-electron chi connectivity index (χ4n) is 2.19. The number of hydrogen-bond donors (Lipinski definition) is 2. The molecule has 0 saturated carbocycles. The quantitative estimate of drug-likeness (QED) is 0.363. The molecule has 3 rings (SSSR count). The van der Waals surface area contributed by atoms with Gasteiger partial charge in [-0.3, -0.25) is 20.0 Å². The number of thioether (sulfide) groups is 1. The molecule has 0 aliphatic rings. The molecule has 0 spiro atoms. The Morgan fingerprint density at radius 3 is 2.74 bits per heavy atom. The number of aromatic nitrogens is 3. The maximum absolute atomic E-state index is 12.3. The number of H-pyrrole nitrogens is 1. The van der Waals surface area contributed by atoms with Crippen molar-refractivity contribution < 1.29 is 9.72 Å². The monoisotopic (exact) mass is 403 g/mol. The van der Waals surface area contributed by atoms with Gasteiger partial charge in [0.1, 0.15) is 0 Å². The number of carbonyl (C=O) groups is 1. The van der Waals surface area contributed by atoms with Gasteiger partial charge in [0.25, 0.3) is 5.69 Å². The van der Waals surface area contributed by atoms with Crippen LogP contribution in [0.3, 0.4) is 0 Å². The molecule has 27 heavy (non-hydrogen) atoms. The van der Waals surface area contributed by atoms with Crippen molar-refractivity contribution in [1.82, 2.24) is 15.2 Å². The van der Waals surface area contributed by atoms with Crippen LogP contribution in [-0.2, 0) is 4.79 Å². The molecule has 0 aliphatic carbocycles. The fraction of sp³-hybridized carbons (Fsp3) is 0.118. The van der Waals surface area contributed by atoms with Crippen molar-refractivity contribution in [1.29, 1.82) is 0 Å². The zero-order chi connectivity index (χ0) is 19.4. The zero-order valence-electron chi connectivity index (χ0n) is 14.0. The summed E-state index contributed by atoms with van der Waals surface area (Å²) in [6.07, 6.45) is 0. The molecule has 1 heterocycles. The number of halogens is 1. The average molecular weight is 404 g/mol. The van der Waals surface area contributed by atoms with E-state index in [4.69, 9.17) is 11.6 Å². The summed E-state index contributed by atoms with van der Waals surface area (Å²) in [5.41, 5.74) is 1.10. The lowest BCUT2D eigenvalue weighted by Crippen LogP contribution is -2.22.